The van der Waals surface area contributed by atoms with Crippen LogP contribution >= 0.6 is 11.3 Å². The van der Waals surface area contributed by atoms with Crippen molar-refractivity contribution in [1.29, 1.82) is 0 Å². The molecular formula is C19H20N2O2S. The first-order chi connectivity index (χ1) is 11.6. The van der Waals surface area contributed by atoms with E-state index in [2.05, 4.69) is 30.2 Å². The Kier molecular flexibility index (Phi) is 3.77. The third-order valence-electron chi connectivity index (χ3n) is 5.17. The Labute approximate surface area is 145 Å². The summed E-state index contributed by atoms with van der Waals surface area (Å²) in [7, 11) is 0. The van der Waals surface area contributed by atoms with Gasteiger partial charge in [0.15, 0.2) is 0 Å². The van der Waals surface area contributed by atoms with E-state index in [1.165, 1.54) is 10.4 Å². The van der Waals surface area contributed by atoms with Crippen molar-refractivity contribution in [2.45, 2.75) is 32.7 Å². The minimum Gasteiger partial charge on any atom is -0.291 e. The molecule has 3 heterocycles. The Balaban J connectivity index is 1.62. The van der Waals surface area contributed by atoms with E-state index in [9.17, 15) is 9.59 Å². The van der Waals surface area contributed by atoms with Gasteiger partial charge in [-0.1, -0.05) is 13.0 Å². The van der Waals surface area contributed by atoms with Gasteiger partial charge < -0.3 is 0 Å². The maximum Gasteiger partial charge on any atom is 0.300 e. The van der Waals surface area contributed by atoms with Crippen molar-refractivity contribution in [1.82, 2.24) is 4.90 Å². The largest absolute Gasteiger partial charge is 0.300 e. The first-order valence-corrected chi connectivity index (χ1v) is 9.27. The molecule has 1 aromatic carbocycles. The third-order valence-corrected chi connectivity index (χ3v) is 6.17. The van der Waals surface area contributed by atoms with Crippen LogP contribution in [0.1, 0.15) is 46.3 Å². The maximum atomic E-state index is 12.5. The van der Waals surface area contributed by atoms with Crippen LogP contribution in [0.25, 0.3) is 0 Å². The number of carbonyl (C=O) groups is 2. The van der Waals surface area contributed by atoms with Crippen molar-refractivity contribution < 1.29 is 9.59 Å². The van der Waals surface area contributed by atoms with Crippen molar-refractivity contribution >= 4 is 28.7 Å². The first-order valence-electron chi connectivity index (χ1n) is 8.39. The summed E-state index contributed by atoms with van der Waals surface area (Å²) in [5.74, 6) is -0.775. The van der Waals surface area contributed by atoms with Crippen LogP contribution in [0.4, 0.5) is 5.69 Å². The van der Waals surface area contributed by atoms with E-state index in [0.717, 1.165) is 30.6 Å². The van der Waals surface area contributed by atoms with Gasteiger partial charge in [0.05, 0.1) is 17.9 Å². The number of thiophene rings is 1. The molecule has 4 nitrogen and oxygen atoms in total. The summed E-state index contributed by atoms with van der Waals surface area (Å²) in [5, 5.41) is 2.14. The second kappa shape index (κ2) is 5.83. The number of ketones is 1. The smallest absolute Gasteiger partial charge is 0.291 e. The van der Waals surface area contributed by atoms with E-state index < -0.39 is 5.91 Å². The van der Waals surface area contributed by atoms with Gasteiger partial charge in [0.1, 0.15) is 0 Å². The number of hydrogen-bond donors (Lipinski definition) is 0. The van der Waals surface area contributed by atoms with E-state index in [4.69, 9.17) is 0 Å². The number of carbonyl (C=O) groups excluding carboxylic acids is 2. The lowest BCUT2D eigenvalue weighted by atomic mass is 10.0. The summed E-state index contributed by atoms with van der Waals surface area (Å²) >= 11 is 1.81. The molecule has 0 N–H and O–H groups in total. The fourth-order valence-corrected chi connectivity index (χ4v) is 4.61. The molecule has 0 bridgehead atoms. The summed E-state index contributed by atoms with van der Waals surface area (Å²) in [4.78, 5) is 30.2. The minimum atomic E-state index is -0.401. The SMILES string of the molecule is CCc1ccc2c(c1)C(=O)C(=O)N2CN1CCc2sccc2[C@H]1C. The lowest BCUT2D eigenvalue weighted by Gasteiger charge is -2.36. The normalized spacial score (nSPS) is 20.4. The summed E-state index contributed by atoms with van der Waals surface area (Å²) in [6.07, 6.45) is 1.87. The molecule has 1 atom stereocenters. The van der Waals surface area contributed by atoms with Crippen LogP contribution in [0.5, 0.6) is 0 Å². The zero-order chi connectivity index (χ0) is 16.8. The average molecular weight is 340 g/mol. The molecule has 0 saturated heterocycles. The van der Waals surface area contributed by atoms with Crippen LogP contribution in [0.15, 0.2) is 29.6 Å². The molecule has 0 radical (unpaired) electrons. The van der Waals surface area contributed by atoms with Crippen LogP contribution in [-0.4, -0.2) is 29.8 Å². The molecule has 4 rings (SSSR count). The van der Waals surface area contributed by atoms with Gasteiger partial charge in [-0.2, -0.15) is 0 Å². The van der Waals surface area contributed by atoms with Gasteiger partial charge in [0, 0.05) is 17.5 Å². The average Bonchev–Trinajstić information content (AvgIpc) is 3.16. The lowest BCUT2D eigenvalue weighted by molar-refractivity contribution is -0.114. The number of nitrogens with zero attached hydrogens (tertiary/aromatic N) is 2. The number of benzene rings is 1. The molecule has 2 aromatic rings. The molecule has 0 spiro atoms. The standard InChI is InChI=1S/C19H20N2O2S/c1-3-13-4-5-16-15(10-13)18(22)19(23)21(16)11-20-8-6-17-14(12(20)2)7-9-24-17/h4-5,7,9-10,12H,3,6,8,11H2,1-2H3/t12-/m1/s1. The molecule has 0 saturated carbocycles. The highest BCUT2D eigenvalue weighted by Gasteiger charge is 2.38. The number of fused-ring (bicyclic) bond motifs is 2. The van der Waals surface area contributed by atoms with Gasteiger partial charge in [-0.15, -0.1) is 11.3 Å². The van der Waals surface area contributed by atoms with Crippen molar-refractivity contribution in [2.24, 2.45) is 0 Å². The number of aryl methyl sites for hydroxylation is 1. The fraction of sp³-hybridized carbons (Fsp3) is 0.368. The van der Waals surface area contributed by atoms with Gasteiger partial charge >= 0.3 is 5.91 Å². The Morgan fingerprint density at radius 2 is 2.08 bits per heavy atom. The summed E-state index contributed by atoms with van der Waals surface area (Å²) in [6, 6.07) is 8.24. The van der Waals surface area contributed by atoms with E-state index in [-0.39, 0.29) is 11.8 Å². The van der Waals surface area contributed by atoms with E-state index >= 15 is 0 Å². The summed E-state index contributed by atoms with van der Waals surface area (Å²) < 4.78 is 0. The predicted molar refractivity (Wildman–Crippen MR) is 95.6 cm³/mol. The van der Waals surface area contributed by atoms with Crippen LogP contribution in [-0.2, 0) is 17.6 Å². The predicted octanol–water partition coefficient (Wildman–Crippen LogP) is 3.42. The third kappa shape index (κ3) is 2.31. The topological polar surface area (TPSA) is 40.6 Å². The highest BCUT2D eigenvalue weighted by Crippen LogP contribution is 2.35. The number of rotatable bonds is 3. The number of Topliss-reactive ketones (excluding diaryl/α,β-unsaturated/α-hetero) is 1. The van der Waals surface area contributed by atoms with Crippen molar-refractivity contribution in [2.75, 3.05) is 18.1 Å². The molecule has 124 valence electrons. The van der Waals surface area contributed by atoms with E-state index in [1.54, 1.807) is 16.2 Å². The second-order valence-electron chi connectivity index (χ2n) is 6.45. The van der Waals surface area contributed by atoms with E-state index in [1.807, 2.05) is 18.2 Å². The van der Waals surface area contributed by atoms with Crippen molar-refractivity contribution in [3.63, 3.8) is 0 Å². The van der Waals surface area contributed by atoms with Gasteiger partial charge in [-0.3, -0.25) is 19.4 Å². The number of anilines is 1. The molecule has 5 heteroatoms. The first kappa shape index (κ1) is 15.5. The zero-order valence-corrected chi connectivity index (χ0v) is 14.7. The molecular weight excluding hydrogens is 320 g/mol. The lowest BCUT2D eigenvalue weighted by Crippen LogP contribution is -2.44. The number of hydrogen-bond acceptors (Lipinski definition) is 4. The molecule has 1 aromatic heterocycles. The summed E-state index contributed by atoms with van der Waals surface area (Å²) in [6.45, 7) is 5.61. The van der Waals surface area contributed by atoms with Crippen LogP contribution in [0, 0.1) is 0 Å². The minimum absolute atomic E-state index is 0.266. The van der Waals surface area contributed by atoms with Crippen molar-refractivity contribution in [3.8, 4) is 0 Å². The van der Waals surface area contributed by atoms with Crippen molar-refractivity contribution in [3.05, 3.63) is 51.2 Å². The molecule has 0 fully saturated rings. The van der Waals surface area contributed by atoms with Gasteiger partial charge in [0.25, 0.3) is 5.78 Å². The Morgan fingerprint density at radius 1 is 1.25 bits per heavy atom. The van der Waals surface area contributed by atoms with Crippen LogP contribution in [0.2, 0.25) is 0 Å². The summed E-state index contributed by atoms with van der Waals surface area (Å²) in [5.41, 5.74) is 3.75. The van der Waals surface area contributed by atoms with Gasteiger partial charge in [-0.25, -0.2) is 0 Å². The highest BCUT2D eigenvalue weighted by molar-refractivity contribution is 7.10. The maximum absolute atomic E-state index is 12.5. The molecule has 24 heavy (non-hydrogen) atoms. The monoisotopic (exact) mass is 340 g/mol. The molecule has 2 aliphatic heterocycles. The van der Waals surface area contributed by atoms with Gasteiger partial charge in [0.2, 0.25) is 0 Å². The quantitative estimate of drug-likeness (QED) is 0.804. The van der Waals surface area contributed by atoms with Crippen LogP contribution in [0.3, 0.4) is 0 Å². The van der Waals surface area contributed by atoms with E-state index in [0.29, 0.717) is 12.2 Å². The molecule has 1 amide bonds. The molecule has 2 aliphatic rings. The molecule has 0 aliphatic carbocycles. The Bertz CT molecular complexity index is 827. The second-order valence-corrected chi connectivity index (χ2v) is 7.45. The molecule has 0 unspecified atom stereocenters. The van der Waals surface area contributed by atoms with Crippen LogP contribution < -0.4 is 4.90 Å². The number of amides is 1. The zero-order valence-electron chi connectivity index (χ0n) is 13.9. The highest BCUT2D eigenvalue weighted by atomic mass is 32.1. The fourth-order valence-electron chi connectivity index (χ4n) is 3.64. The Morgan fingerprint density at radius 3 is 2.88 bits per heavy atom. The van der Waals surface area contributed by atoms with Gasteiger partial charge in [-0.05, 0) is 54.5 Å². The Hall–Kier alpha value is -1.98.